The molecule has 1 aromatic rings. The van der Waals surface area contributed by atoms with Gasteiger partial charge in [0.25, 0.3) is 11.6 Å². The van der Waals surface area contributed by atoms with Crippen molar-refractivity contribution in [2.75, 3.05) is 19.0 Å². The molecule has 4 aliphatic carbocycles. The van der Waals surface area contributed by atoms with Crippen LogP contribution >= 0.6 is 0 Å². The number of hydrogen-bond donors (Lipinski definition) is 2. The van der Waals surface area contributed by atoms with E-state index in [4.69, 9.17) is 4.74 Å². The third-order valence-corrected chi connectivity index (χ3v) is 7.42. The Bertz CT molecular complexity index is 833. The van der Waals surface area contributed by atoms with Gasteiger partial charge in [-0.2, -0.15) is 0 Å². The molecule has 4 bridgehead atoms. The van der Waals surface area contributed by atoms with Gasteiger partial charge in [0.15, 0.2) is 6.61 Å². The van der Waals surface area contributed by atoms with Gasteiger partial charge in [-0.1, -0.05) is 0 Å². The Morgan fingerprint density at radius 3 is 2.33 bits per heavy atom. The molecule has 30 heavy (non-hydrogen) atoms. The van der Waals surface area contributed by atoms with Crippen molar-refractivity contribution >= 4 is 23.3 Å². The highest BCUT2D eigenvalue weighted by Crippen LogP contribution is 2.61. The molecule has 0 aromatic heterocycles. The van der Waals surface area contributed by atoms with E-state index in [2.05, 4.69) is 17.6 Å². The lowest BCUT2D eigenvalue weighted by molar-refractivity contribution is -0.384. The number of esters is 1. The van der Waals surface area contributed by atoms with Gasteiger partial charge in [0.1, 0.15) is 5.69 Å². The van der Waals surface area contributed by atoms with Crippen LogP contribution in [0.3, 0.4) is 0 Å². The van der Waals surface area contributed by atoms with E-state index < -0.39 is 17.5 Å². The minimum Gasteiger partial charge on any atom is -0.452 e. The number of amides is 1. The molecule has 1 amide bonds. The zero-order valence-electron chi connectivity index (χ0n) is 17.5. The van der Waals surface area contributed by atoms with Gasteiger partial charge in [-0.15, -0.1) is 0 Å². The van der Waals surface area contributed by atoms with Crippen LogP contribution in [0.25, 0.3) is 0 Å². The number of nitro groups is 1. The molecule has 0 radical (unpaired) electrons. The molecule has 5 rings (SSSR count). The molecule has 4 fully saturated rings. The summed E-state index contributed by atoms with van der Waals surface area (Å²) in [5.41, 5.74) is 0.311. The molecular weight excluding hydrogens is 386 g/mol. The molecule has 0 saturated heterocycles. The molecule has 0 unspecified atom stereocenters. The summed E-state index contributed by atoms with van der Waals surface area (Å²) in [5.74, 6) is 1.31. The minimum absolute atomic E-state index is 0.0441. The number of anilines is 1. The molecule has 0 aliphatic heterocycles. The standard InChI is InChI=1S/C22H29N3O5/c1-13(22-9-14-5-15(10-22)7-16(6-14)11-22)24-20(26)12-30-21(27)17-3-4-18(23-2)19(8-17)25(28)29/h3-4,8,13-16,23H,5-7,9-12H2,1-2H3,(H,24,26)/t13-,14?,15?,16?,22?/m1/s1. The maximum Gasteiger partial charge on any atom is 0.338 e. The van der Waals surface area contributed by atoms with Crippen molar-refractivity contribution in [1.29, 1.82) is 0 Å². The zero-order valence-corrected chi connectivity index (χ0v) is 17.5. The fourth-order valence-corrected chi connectivity index (χ4v) is 6.38. The highest BCUT2D eigenvalue weighted by Gasteiger charge is 2.53. The average molecular weight is 415 g/mol. The van der Waals surface area contributed by atoms with Gasteiger partial charge in [0, 0.05) is 19.2 Å². The van der Waals surface area contributed by atoms with Crippen molar-refractivity contribution in [1.82, 2.24) is 5.32 Å². The third-order valence-electron chi connectivity index (χ3n) is 7.42. The second-order valence-electron chi connectivity index (χ2n) is 9.38. The molecule has 162 valence electrons. The second kappa shape index (κ2) is 7.89. The van der Waals surface area contributed by atoms with Crippen LogP contribution in [0.1, 0.15) is 55.8 Å². The monoisotopic (exact) mass is 415 g/mol. The predicted molar refractivity (Wildman–Crippen MR) is 111 cm³/mol. The second-order valence-corrected chi connectivity index (χ2v) is 9.38. The number of hydrogen-bond acceptors (Lipinski definition) is 6. The van der Waals surface area contributed by atoms with Crippen LogP contribution in [0.15, 0.2) is 18.2 Å². The summed E-state index contributed by atoms with van der Waals surface area (Å²) < 4.78 is 5.12. The van der Waals surface area contributed by atoms with E-state index in [-0.39, 0.29) is 28.6 Å². The maximum absolute atomic E-state index is 12.5. The Hall–Kier alpha value is -2.64. The maximum atomic E-state index is 12.5. The van der Waals surface area contributed by atoms with Crippen LogP contribution in [0.4, 0.5) is 11.4 Å². The van der Waals surface area contributed by atoms with Crippen LogP contribution in [0, 0.1) is 33.3 Å². The highest BCUT2D eigenvalue weighted by molar-refractivity contribution is 5.93. The first-order valence-electron chi connectivity index (χ1n) is 10.7. The average Bonchev–Trinajstić information content (AvgIpc) is 2.70. The van der Waals surface area contributed by atoms with Gasteiger partial charge in [0.2, 0.25) is 0 Å². The fraction of sp³-hybridized carbons (Fsp3) is 0.636. The topological polar surface area (TPSA) is 111 Å². The molecular formula is C22H29N3O5. The summed E-state index contributed by atoms with van der Waals surface area (Å²) in [5, 5.41) is 16.9. The van der Waals surface area contributed by atoms with E-state index in [1.165, 1.54) is 50.7 Å². The smallest absolute Gasteiger partial charge is 0.338 e. The SMILES string of the molecule is CNc1ccc(C(=O)OCC(=O)N[C@H](C)C23CC4CC(CC(C4)C2)C3)cc1[N+](=O)[O-]. The van der Waals surface area contributed by atoms with Crippen LogP contribution < -0.4 is 10.6 Å². The summed E-state index contributed by atoms with van der Waals surface area (Å²) in [6, 6.07) is 4.10. The Kier molecular flexibility index (Phi) is 5.42. The summed E-state index contributed by atoms with van der Waals surface area (Å²) in [4.78, 5) is 35.3. The van der Waals surface area contributed by atoms with Crippen LogP contribution in [0.2, 0.25) is 0 Å². The Balaban J connectivity index is 1.33. The quantitative estimate of drug-likeness (QED) is 0.400. The van der Waals surface area contributed by atoms with Gasteiger partial charge >= 0.3 is 5.97 Å². The molecule has 1 atom stereocenters. The van der Waals surface area contributed by atoms with Crippen LogP contribution in [-0.4, -0.2) is 36.5 Å². The van der Waals surface area contributed by atoms with Crippen molar-refractivity contribution in [2.45, 2.75) is 51.5 Å². The first-order valence-corrected chi connectivity index (χ1v) is 10.7. The molecule has 8 heteroatoms. The number of carbonyl (C=O) groups is 2. The van der Waals surface area contributed by atoms with E-state index in [1.807, 2.05) is 0 Å². The number of nitro benzene ring substituents is 1. The van der Waals surface area contributed by atoms with E-state index >= 15 is 0 Å². The first-order chi connectivity index (χ1) is 14.3. The molecule has 4 saturated carbocycles. The summed E-state index contributed by atoms with van der Waals surface area (Å²) in [7, 11) is 1.57. The number of carbonyl (C=O) groups excluding carboxylic acids is 2. The number of benzene rings is 1. The predicted octanol–water partition coefficient (Wildman–Crippen LogP) is 3.51. The molecule has 0 spiro atoms. The van der Waals surface area contributed by atoms with Crippen LogP contribution in [0.5, 0.6) is 0 Å². The number of nitrogens with one attached hydrogen (secondary N) is 2. The Morgan fingerprint density at radius 2 is 1.80 bits per heavy atom. The molecule has 1 aromatic carbocycles. The van der Waals surface area contributed by atoms with Gasteiger partial charge < -0.3 is 15.4 Å². The Morgan fingerprint density at radius 1 is 1.20 bits per heavy atom. The summed E-state index contributed by atoms with van der Waals surface area (Å²) in [6.07, 6.45) is 7.58. The van der Waals surface area contributed by atoms with Gasteiger partial charge in [-0.05, 0) is 80.8 Å². The van der Waals surface area contributed by atoms with E-state index in [0.717, 1.165) is 23.8 Å². The van der Waals surface area contributed by atoms with Crippen molar-refractivity contribution in [3.8, 4) is 0 Å². The van der Waals surface area contributed by atoms with E-state index in [9.17, 15) is 19.7 Å². The van der Waals surface area contributed by atoms with E-state index in [0.29, 0.717) is 5.69 Å². The molecule has 4 aliphatic rings. The van der Waals surface area contributed by atoms with Gasteiger partial charge in [-0.3, -0.25) is 14.9 Å². The molecule has 2 N–H and O–H groups in total. The third kappa shape index (κ3) is 3.87. The summed E-state index contributed by atoms with van der Waals surface area (Å²) >= 11 is 0. The van der Waals surface area contributed by atoms with Crippen molar-refractivity contribution in [3.05, 3.63) is 33.9 Å². The lowest BCUT2D eigenvalue weighted by Gasteiger charge is -2.59. The number of rotatable bonds is 7. The van der Waals surface area contributed by atoms with Crippen molar-refractivity contribution < 1.29 is 19.2 Å². The van der Waals surface area contributed by atoms with Gasteiger partial charge in [-0.25, -0.2) is 4.79 Å². The lowest BCUT2D eigenvalue weighted by atomic mass is 9.48. The van der Waals surface area contributed by atoms with Crippen molar-refractivity contribution in [3.63, 3.8) is 0 Å². The lowest BCUT2D eigenvalue weighted by Crippen LogP contribution is -2.56. The zero-order chi connectivity index (χ0) is 21.5. The Labute approximate surface area is 175 Å². The highest BCUT2D eigenvalue weighted by atomic mass is 16.6. The molecule has 8 nitrogen and oxygen atoms in total. The van der Waals surface area contributed by atoms with Crippen LogP contribution in [-0.2, 0) is 9.53 Å². The van der Waals surface area contributed by atoms with E-state index in [1.54, 1.807) is 7.05 Å². The van der Waals surface area contributed by atoms with Gasteiger partial charge in [0.05, 0.1) is 10.5 Å². The largest absolute Gasteiger partial charge is 0.452 e. The molecule has 0 heterocycles. The minimum atomic E-state index is -0.752. The number of nitrogens with zero attached hydrogens (tertiary/aromatic N) is 1. The summed E-state index contributed by atoms with van der Waals surface area (Å²) in [6.45, 7) is 1.68. The van der Waals surface area contributed by atoms with Crippen molar-refractivity contribution in [2.24, 2.45) is 23.2 Å². The fourth-order valence-electron chi connectivity index (χ4n) is 6.38. The normalized spacial score (nSPS) is 29.9. The first kappa shape index (κ1) is 20.6. The number of ether oxygens (including phenoxy) is 1.